The summed E-state index contributed by atoms with van der Waals surface area (Å²) in [6, 6.07) is 2.72. The monoisotopic (exact) mass is 303 g/mol. The van der Waals surface area contributed by atoms with E-state index in [2.05, 4.69) is 0 Å². The standard InChI is InChI=1S/C13H12F3NO4/c14-13(15,16)9-3-1-2-8(6-9)11(18)17-4-5-21-7-10(17)12(19)20/h1-3,6,10H,4-5,7H2,(H,19,20). The highest BCUT2D eigenvalue weighted by atomic mass is 19.4. The number of hydrogen-bond donors (Lipinski definition) is 1. The van der Waals surface area contributed by atoms with E-state index in [-0.39, 0.29) is 25.3 Å². The lowest BCUT2D eigenvalue weighted by Crippen LogP contribution is -2.52. The second-order valence-corrected chi connectivity index (χ2v) is 4.51. The van der Waals surface area contributed by atoms with E-state index in [1.54, 1.807) is 0 Å². The van der Waals surface area contributed by atoms with Crippen LogP contribution in [0.25, 0.3) is 0 Å². The van der Waals surface area contributed by atoms with Crippen molar-refractivity contribution in [2.75, 3.05) is 19.8 Å². The Kier molecular flexibility index (Phi) is 4.17. The molecule has 5 nitrogen and oxygen atoms in total. The summed E-state index contributed by atoms with van der Waals surface area (Å²) >= 11 is 0. The fraction of sp³-hybridized carbons (Fsp3) is 0.385. The van der Waals surface area contributed by atoms with Crippen LogP contribution in [0.1, 0.15) is 15.9 Å². The van der Waals surface area contributed by atoms with Crippen LogP contribution in [0.15, 0.2) is 24.3 Å². The summed E-state index contributed by atoms with van der Waals surface area (Å²) < 4.78 is 42.9. The maximum absolute atomic E-state index is 12.6. The molecule has 1 heterocycles. The van der Waals surface area contributed by atoms with Crippen molar-refractivity contribution in [3.05, 3.63) is 35.4 Å². The molecule has 0 saturated carbocycles. The van der Waals surface area contributed by atoms with E-state index in [1.165, 1.54) is 6.07 Å². The Morgan fingerprint density at radius 2 is 2.05 bits per heavy atom. The molecular formula is C13H12F3NO4. The number of hydrogen-bond acceptors (Lipinski definition) is 3. The van der Waals surface area contributed by atoms with Gasteiger partial charge in [0.15, 0.2) is 6.04 Å². The molecule has 1 aromatic rings. The maximum atomic E-state index is 12.6. The molecule has 2 rings (SSSR count). The molecule has 1 aromatic carbocycles. The summed E-state index contributed by atoms with van der Waals surface area (Å²) in [7, 11) is 0. The van der Waals surface area contributed by atoms with Gasteiger partial charge in [-0.3, -0.25) is 4.79 Å². The van der Waals surface area contributed by atoms with E-state index in [4.69, 9.17) is 9.84 Å². The normalized spacial score (nSPS) is 19.4. The van der Waals surface area contributed by atoms with Gasteiger partial charge in [-0.25, -0.2) is 4.79 Å². The molecule has 1 fully saturated rings. The van der Waals surface area contributed by atoms with Gasteiger partial charge in [0.25, 0.3) is 5.91 Å². The number of aliphatic carboxylic acids is 1. The number of rotatable bonds is 2. The predicted octanol–water partition coefficient (Wildman–Crippen LogP) is 1.63. The second-order valence-electron chi connectivity index (χ2n) is 4.51. The van der Waals surface area contributed by atoms with Crippen molar-refractivity contribution in [3.8, 4) is 0 Å². The minimum absolute atomic E-state index is 0.0199. The summed E-state index contributed by atoms with van der Waals surface area (Å²) in [6.45, 7) is -0.0133. The number of ether oxygens (including phenoxy) is 1. The molecule has 1 atom stereocenters. The van der Waals surface area contributed by atoms with Crippen molar-refractivity contribution in [2.24, 2.45) is 0 Å². The van der Waals surface area contributed by atoms with Gasteiger partial charge in [-0.15, -0.1) is 0 Å². The van der Waals surface area contributed by atoms with Crippen LogP contribution in [-0.4, -0.2) is 47.7 Å². The lowest BCUT2D eigenvalue weighted by atomic mass is 10.1. The first-order chi connectivity index (χ1) is 9.80. The quantitative estimate of drug-likeness (QED) is 0.902. The SMILES string of the molecule is O=C(O)C1COCCN1C(=O)c1cccc(C(F)(F)F)c1. The molecule has 1 aliphatic rings. The van der Waals surface area contributed by atoms with Gasteiger partial charge in [-0.05, 0) is 18.2 Å². The van der Waals surface area contributed by atoms with Crippen LogP contribution in [0.5, 0.6) is 0 Å². The van der Waals surface area contributed by atoms with E-state index >= 15 is 0 Å². The fourth-order valence-corrected chi connectivity index (χ4v) is 2.05. The first kappa shape index (κ1) is 15.3. The van der Waals surface area contributed by atoms with Crippen molar-refractivity contribution in [2.45, 2.75) is 12.2 Å². The third-order valence-corrected chi connectivity index (χ3v) is 3.11. The average Bonchev–Trinajstić information content (AvgIpc) is 2.45. The molecule has 0 aromatic heterocycles. The summed E-state index contributed by atoms with van der Waals surface area (Å²) in [5.74, 6) is -2.01. The largest absolute Gasteiger partial charge is 0.480 e. The number of alkyl halides is 3. The van der Waals surface area contributed by atoms with Crippen LogP contribution in [0.2, 0.25) is 0 Å². The van der Waals surface area contributed by atoms with Gasteiger partial charge < -0.3 is 14.7 Å². The smallest absolute Gasteiger partial charge is 0.416 e. The molecule has 114 valence electrons. The zero-order valence-corrected chi connectivity index (χ0v) is 10.8. The Bertz CT molecular complexity index is 559. The number of carboxylic acid groups (broad SMARTS) is 1. The first-order valence-electron chi connectivity index (χ1n) is 6.09. The van der Waals surface area contributed by atoms with Gasteiger partial charge in [-0.2, -0.15) is 13.2 Å². The molecule has 1 saturated heterocycles. The average molecular weight is 303 g/mol. The fourth-order valence-electron chi connectivity index (χ4n) is 2.05. The molecule has 0 spiro atoms. The van der Waals surface area contributed by atoms with Crippen LogP contribution in [0.4, 0.5) is 13.2 Å². The second kappa shape index (κ2) is 5.72. The van der Waals surface area contributed by atoms with Crippen molar-refractivity contribution in [1.82, 2.24) is 4.90 Å². The Morgan fingerprint density at radius 3 is 2.67 bits per heavy atom. The number of halogens is 3. The number of nitrogens with zero attached hydrogens (tertiary/aromatic N) is 1. The summed E-state index contributed by atoms with van der Waals surface area (Å²) in [5, 5.41) is 9.03. The van der Waals surface area contributed by atoms with Crippen molar-refractivity contribution in [1.29, 1.82) is 0 Å². The minimum Gasteiger partial charge on any atom is -0.480 e. The molecule has 1 unspecified atom stereocenters. The Balaban J connectivity index is 2.28. The molecule has 1 amide bonds. The highest BCUT2D eigenvalue weighted by Crippen LogP contribution is 2.30. The number of carboxylic acids is 1. The molecule has 21 heavy (non-hydrogen) atoms. The van der Waals surface area contributed by atoms with Gasteiger partial charge in [0.1, 0.15) is 0 Å². The van der Waals surface area contributed by atoms with Crippen LogP contribution >= 0.6 is 0 Å². The van der Waals surface area contributed by atoms with Gasteiger partial charge in [0, 0.05) is 12.1 Å². The number of carbonyl (C=O) groups is 2. The van der Waals surface area contributed by atoms with Gasteiger partial charge in [0.2, 0.25) is 0 Å². The summed E-state index contributed by atoms with van der Waals surface area (Å²) in [6.07, 6.45) is -4.56. The van der Waals surface area contributed by atoms with Crippen molar-refractivity contribution < 1.29 is 32.6 Å². The van der Waals surface area contributed by atoms with E-state index in [0.29, 0.717) is 0 Å². The summed E-state index contributed by atoms with van der Waals surface area (Å²) in [5.41, 5.74) is -1.15. The molecular weight excluding hydrogens is 291 g/mol. The highest BCUT2D eigenvalue weighted by Gasteiger charge is 2.35. The number of amides is 1. The van der Waals surface area contributed by atoms with Gasteiger partial charge >= 0.3 is 12.1 Å². The van der Waals surface area contributed by atoms with Crippen LogP contribution in [-0.2, 0) is 15.7 Å². The predicted molar refractivity (Wildman–Crippen MR) is 64.7 cm³/mol. The van der Waals surface area contributed by atoms with Crippen LogP contribution in [0.3, 0.4) is 0 Å². The molecule has 0 aliphatic carbocycles. The van der Waals surface area contributed by atoms with Crippen molar-refractivity contribution >= 4 is 11.9 Å². The molecule has 0 bridgehead atoms. The number of carbonyl (C=O) groups excluding carboxylic acids is 1. The first-order valence-corrected chi connectivity index (χ1v) is 6.09. The van der Waals surface area contributed by atoms with Crippen molar-refractivity contribution in [3.63, 3.8) is 0 Å². The Labute approximate surface area is 117 Å². The Morgan fingerprint density at radius 1 is 1.33 bits per heavy atom. The summed E-state index contributed by atoms with van der Waals surface area (Å²) in [4.78, 5) is 24.3. The van der Waals surface area contributed by atoms with Gasteiger partial charge in [-0.1, -0.05) is 6.07 Å². The Hall–Kier alpha value is -2.09. The van der Waals surface area contributed by atoms with E-state index < -0.39 is 29.7 Å². The minimum atomic E-state index is -4.56. The zero-order valence-electron chi connectivity index (χ0n) is 10.8. The maximum Gasteiger partial charge on any atom is 0.416 e. The zero-order chi connectivity index (χ0) is 15.6. The van der Waals surface area contributed by atoms with E-state index in [1.807, 2.05) is 0 Å². The molecule has 0 radical (unpaired) electrons. The lowest BCUT2D eigenvalue weighted by Gasteiger charge is -2.33. The highest BCUT2D eigenvalue weighted by molar-refractivity contribution is 5.97. The molecule has 1 aliphatic heterocycles. The molecule has 8 heteroatoms. The number of morpholine rings is 1. The molecule has 1 N–H and O–H groups in total. The topological polar surface area (TPSA) is 66.8 Å². The lowest BCUT2D eigenvalue weighted by molar-refractivity contribution is -0.147. The third kappa shape index (κ3) is 3.33. The van der Waals surface area contributed by atoms with E-state index in [0.717, 1.165) is 23.1 Å². The van der Waals surface area contributed by atoms with Crippen LogP contribution in [0, 0.1) is 0 Å². The van der Waals surface area contributed by atoms with Crippen LogP contribution < -0.4 is 0 Å². The van der Waals surface area contributed by atoms with Gasteiger partial charge in [0.05, 0.1) is 18.8 Å². The van der Waals surface area contributed by atoms with E-state index in [9.17, 15) is 22.8 Å². The number of benzene rings is 1. The third-order valence-electron chi connectivity index (χ3n) is 3.11.